The van der Waals surface area contributed by atoms with E-state index in [1.54, 1.807) is 14.2 Å². The molecule has 112 valence electrons. The van der Waals surface area contributed by atoms with Gasteiger partial charge in [0.05, 0.1) is 24.7 Å². The van der Waals surface area contributed by atoms with Crippen LogP contribution < -0.4 is 15.2 Å². The van der Waals surface area contributed by atoms with Crippen molar-refractivity contribution in [3.63, 3.8) is 0 Å². The van der Waals surface area contributed by atoms with Crippen LogP contribution in [0.1, 0.15) is 28.3 Å². The van der Waals surface area contributed by atoms with Crippen LogP contribution in [0.5, 0.6) is 11.5 Å². The van der Waals surface area contributed by atoms with Gasteiger partial charge in [-0.15, -0.1) is 0 Å². The standard InChI is InChI=1S/C17H20BrNO2/c1-10-5-7-13(17(21-4)11(10)2)16(19)12-6-8-15(20-3)14(18)9-12/h5-9,16H,19H2,1-4H3. The van der Waals surface area contributed by atoms with E-state index in [9.17, 15) is 0 Å². The number of nitrogens with two attached hydrogens (primary N) is 1. The summed E-state index contributed by atoms with van der Waals surface area (Å²) in [5, 5.41) is 0. The molecule has 2 aromatic rings. The molecule has 0 radical (unpaired) electrons. The minimum Gasteiger partial charge on any atom is -0.496 e. The first kappa shape index (κ1) is 15.9. The van der Waals surface area contributed by atoms with Crippen LogP contribution in [0, 0.1) is 13.8 Å². The van der Waals surface area contributed by atoms with Gasteiger partial charge in [-0.2, -0.15) is 0 Å². The molecular weight excluding hydrogens is 330 g/mol. The Balaban J connectivity index is 2.47. The van der Waals surface area contributed by atoms with Crippen molar-refractivity contribution < 1.29 is 9.47 Å². The number of methoxy groups -OCH3 is 2. The Kier molecular flexibility index (Phi) is 4.91. The molecule has 0 amide bonds. The quantitative estimate of drug-likeness (QED) is 0.902. The number of benzene rings is 2. The summed E-state index contributed by atoms with van der Waals surface area (Å²) in [4.78, 5) is 0. The van der Waals surface area contributed by atoms with Gasteiger partial charge in [-0.25, -0.2) is 0 Å². The molecular formula is C17H20BrNO2. The molecule has 2 rings (SSSR count). The van der Waals surface area contributed by atoms with Crippen LogP contribution in [0.4, 0.5) is 0 Å². The van der Waals surface area contributed by atoms with E-state index in [0.29, 0.717) is 0 Å². The van der Waals surface area contributed by atoms with Crippen molar-refractivity contribution in [3.8, 4) is 11.5 Å². The summed E-state index contributed by atoms with van der Waals surface area (Å²) >= 11 is 3.50. The number of aryl methyl sites for hydroxylation is 1. The molecule has 4 heteroatoms. The topological polar surface area (TPSA) is 44.5 Å². The van der Waals surface area contributed by atoms with Gasteiger partial charge in [-0.05, 0) is 58.6 Å². The fourth-order valence-electron chi connectivity index (χ4n) is 2.38. The van der Waals surface area contributed by atoms with Gasteiger partial charge in [0.2, 0.25) is 0 Å². The molecule has 0 spiro atoms. The highest BCUT2D eigenvalue weighted by Crippen LogP contribution is 2.35. The molecule has 0 aromatic heterocycles. The Morgan fingerprint density at radius 1 is 1.05 bits per heavy atom. The molecule has 0 aliphatic carbocycles. The third-order valence-corrected chi connectivity index (χ3v) is 4.40. The maximum Gasteiger partial charge on any atom is 0.133 e. The molecule has 3 nitrogen and oxygen atoms in total. The molecule has 0 saturated carbocycles. The van der Waals surface area contributed by atoms with Crippen molar-refractivity contribution in [3.05, 3.63) is 57.1 Å². The smallest absolute Gasteiger partial charge is 0.133 e. The number of hydrogen-bond acceptors (Lipinski definition) is 3. The molecule has 1 atom stereocenters. The van der Waals surface area contributed by atoms with Gasteiger partial charge in [0, 0.05) is 5.56 Å². The lowest BCUT2D eigenvalue weighted by molar-refractivity contribution is 0.404. The van der Waals surface area contributed by atoms with Crippen LogP contribution in [0.2, 0.25) is 0 Å². The van der Waals surface area contributed by atoms with Crippen molar-refractivity contribution in [2.45, 2.75) is 19.9 Å². The van der Waals surface area contributed by atoms with Gasteiger partial charge in [-0.3, -0.25) is 0 Å². The molecule has 2 aromatic carbocycles. The summed E-state index contributed by atoms with van der Waals surface area (Å²) in [6.07, 6.45) is 0. The third kappa shape index (κ3) is 3.06. The van der Waals surface area contributed by atoms with Gasteiger partial charge >= 0.3 is 0 Å². The summed E-state index contributed by atoms with van der Waals surface area (Å²) in [7, 11) is 3.33. The summed E-state index contributed by atoms with van der Waals surface area (Å²) in [6.45, 7) is 4.12. The van der Waals surface area contributed by atoms with E-state index < -0.39 is 0 Å². The average molecular weight is 350 g/mol. The van der Waals surface area contributed by atoms with E-state index in [1.807, 2.05) is 31.2 Å². The zero-order valence-corrected chi connectivity index (χ0v) is 14.3. The Bertz CT molecular complexity index is 655. The lowest BCUT2D eigenvalue weighted by atomic mass is 9.95. The normalized spacial score (nSPS) is 12.1. The molecule has 21 heavy (non-hydrogen) atoms. The molecule has 0 heterocycles. The summed E-state index contributed by atoms with van der Waals surface area (Å²) < 4.78 is 11.7. The summed E-state index contributed by atoms with van der Waals surface area (Å²) in [6, 6.07) is 9.73. The van der Waals surface area contributed by atoms with E-state index in [2.05, 4.69) is 28.9 Å². The minimum absolute atomic E-state index is 0.249. The van der Waals surface area contributed by atoms with E-state index >= 15 is 0 Å². The molecule has 0 saturated heterocycles. The zero-order chi connectivity index (χ0) is 15.6. The van der Waals surface area contributed by atoms with Crippen molar-refractivity contribution in [2.75, 3.05) is 14.2 Å². The number of halogens is 1. The molecule has 0 aliphatic heterocycles. The van der Waals surface area contributed by atoms with Crippen molar-refractivity contribution in [1.29, 1.82) is 0 Å². The Labute approximate surface area is 134 Å². The Morgan fingerprint density at radius 3 is 2.33 bits per heavy atom. The lowest BCUT2D eigenvalue weighted by Crippen LogP contribution is -2.14. The second-order valence-electron chi connectivity index (χ2n) is 5.00. The van der Waals surface area contributed by atoms with Gasteiger partial charge in [0.1, 0.15) is 11.5 Å². The minimum atomic E-state index is -0.249. The highest BCUT2D eigenvalue weighted by molar-refractivity contribution is 9.10. The zero-order valence-electron chi connectivity index (χ0n) is 12.7. The fourth-order valence-corrected chi connectivity index (χ4v) is 2.94. The molecule has 1 unspecified atom stereocenters. The molecule has 0 aliphatic rings. The molecule has 0 fully saturated rings. The largest absolute Gasteiger partial charge is 0.496 e. The summed E-state index contributed by atoms with van der Waals surface area (Å²) in [5.41, 5.74) is 10.7. The van der Waals surface area contributed by atoms with Crippen molar-refractivity contribution >= 4 is 15.9 Å². The first-order chi connectivity index (χ1) is 9.99. The second kappa shape index (κ2) is 6.50. The first-order valence-corrected chi connectivity index (χ1v) is 7.52. The maximum absolute atomic E-state index is 6.43. The van der Waals surface area contributed by atoms with Crippen LogP contribution in [0.15, 0.2) is 34.8 Å². The number of ether oxygens (including phenoxy) is 2. The van der Waals surface area contributed by atoms with E-state index in [-0.39, 0.29) is 6.04 Å². The monoisotopic (exact) mass is 349 g/mol. The Hall–Kier alpha value is -1.52. The van der Waals surface area contributed by atoms with Crippen LogP contribution >= 0.6 is 15.9 Å². The van der Waals surface area contributed by atoms with E-state index in [1.165, 1.54) is 5.56 Å². The first-order valence-electron chi connectivity index (χ1n) is 6.72. The average Bonchev–Trinajstić information content (AvgIpc) is 2.49. The maximum atomic E-state index is 6.43. The van der Waals surface area contributed by atoms with E-state index in [4.69, 9.17) is 15.2 Å². The van der Waals surface area contributed by atoms with Crippen LogP contribution in [0.25, 0.3) is 0 Å². The summed E-state index contributed by atoms with van der Waals surface area (Å²) in [5.74, 6) is 1.65. The van der Waals surface area contributed by atoms with Crippen molar-refractivity contribution in [2.24, 2.45) is 5.73 Å². The Morgan fingerprint density at radius 2 is 1.76 bits per heavy atom. The van der Waals surface area contributed by atoms with Crippen LogP contribution in [0.3, 0.4) is 0 Å². The second-order valence-corrected chi connectivity index (χ2v) is 5.86. The number of rotatable bonds is 4. The lowest BCUT2D eigenvalue weighted by Gasteiger charge is -2.19. The van der Waals surface area contributed by atoms with Gasteiger partial charge < -0.3 is 15.2 Å². The number of hydrogen-bond donors (Lipinski definition) is 1. The van der Waals surface area contributed by atoms with Gasteiger partial charge in [-0.1, -0.05) is 18.2 Å². The molecule has 0 bridgehead atoms. The predicted molar refractivity (Wildman–Crippen MR) is 89.2 cm³/mol. The SMILES string of the molecule is COc1ccc(C(N)c2ccc(C)c(C)c2OC)cc1Br. The fraction of sp³-hybridized carbons (Fsp3) is 0.294. The molecule has 2 N–H and O–H groups in total. The van der Waals surface area contributed by atoms with Crippen LogP contribution in [-0.2, 0) is 0 Å². The highest BCUT2D eigenvalue weighted by atomic mass is 79.9. The predicted octanol–water partition coefficient (Wildman–Crippen LogP) is 4.13. The third-order valence-electron chi connectivity index (χ3n) is 3.78. The van der Waals surface area contributed by atoms with Gasteiger partial charge in [0.25, 0.3) is 0 Å². The van der Waals surface area contributed by atoms with Crippen molar-refractivity contribution in [1.82, 2.24) is 0 Å². The van der Waals surface area contributed by atoms with E-state index in [0.717, 1.165) is 32.7 Å². The van der Waals surface area contributed by atoms with Crippen LogP contribution in [-0.4, -0.2) is 14.2 Å². The van der Waals surface area contributed by atoms with Gasteiger partial charge in [0.15, 0.2) is 0 Å². The highest BCUT2D eigenvalue weighted by Gasteiger charge is 2.17.